The summed E-state index contributed by atoms with van der Waals surface area (Å²) in [4.78, 5) is 0. The van der Waals surface area contributed by atoms with Gasteiger partial charge in [0.25, 0.3) is 0 Å². The third-order valence-corrected chi connectivity index (χ3v) is 3.41. The van der Waals surface area contributed by atoms with Crippen molar-refractivity contribution in [3.63, 3.8) is 0 Å². The van der Waals surface area contributed by atoms with Gasteiger partial charge in [0.1, 0.15) is 0 Å². The number of hydrogen-bond acceptors (Lipinski definition) is 2. The zero-order valence-electron chi connectivity index (χ0n) is 12.1. The molecule has 2 rings (SSSR count). The number of nitrogens with zero attached hydrogens (tertiary/aromatic N) is 1. The molecule has 0 aromatic heterocycles. The molecule has 0 saturated carbocycles. The minimum Gasteiger partial charge on any atom is -0.313 e. The molecule has 0 atom stereocenters. The molecule has 2 aromatic carbocycles. The quantitative estimate of drug-likeness (QED) is 0.752. The minimum absolute atomic E-state index is 0.554. The van der Waals surface area contributed by atoms with Gasteiger partial charge in [0.15, 0.2) is 0 Å². The van der Waals surface area contributed by atoms with Crippen LogP contribution in [0.3, 0.4) is 0 Å². The van der Waals surface area contributed by atoms with Crippen molar-refractivity contribution in [2.24, 2.45) is 0 Å². The van der Waals surface area contributed by atoms with Crippen LogP contribution in [-0.2, 0) is 19.5 Å². The maximum atomic E-state index is 10.0. The molecule has 0 heterocycles. The van der Waals surface area contributed by atoms with Crippen molar-refractivity contribution in [1.82, 2.24) is 5.06 Å². The molecule has 0 fully saturated rings. The Morgan fingerprint density at radius 3 is 1.95 bits per heavy atom. The van der Waals surface area contributed by atoms with Crippen LogP contribution in [0.1, 0.15) is 36.5 Å². The summed E-state index contributed by atoms with van der Waals surface area (Å²) in [5, 5.41) is 11.4. The lowest BCUT2D eigenvalue weighted by Crippen LogP contribution is -2.17. The molecule has 20 heavy (non-hydrogen) atoms. The zero-order valence-corrected chi connectivity index (χ0v) is 12.1. The second kappa shape index (κ2) is 7.83. The van der Waals surface area contributed by atoms with Crippen molar-refractivity contribution in [1.29, 1.82) is 0 Å². The van der Waals surface area contributed by atoms with Gasteiger partial charge in [-0.25, -0.2) is 0 Å². The lowest BCUT2D eigenvalue weighted by molar-refractivity contribution is -0.108. The van der Waals surface area contributed by atoms with Crippen LogP contribution in [0.2, 0.25) is 0 Å². The molecule has 2 nitrogen and oxygen atoms in total. The van der Waals surface area contributed by atoms with Gasteiger partial charge in [-0.2, -0.15) is 5.06 Å². The van der Waals surface area contributed by atoms with E-state index in [-0.39, 0.29) is 0 Å². The first-order valence-corrected chi connectivity index (χ1v) is 7.33. The van der Waals surface area contributed by atoms with Gasteiger partial charge >= 0.3 is 0 Å². The van der Waals surface area contributed by atoms with E-state index in [2.05, 4.69) is 31.2 Å². The highest BCUT2D eigenvalue weighted by molar-refractivity contribution is 5.22. The molecule has 0 aliphatic carbocycles. The van der Waals surface area contributed by atoms with Crippen LogP contribution in [0, 0.1) is 0 Å². The molecule has 0 bridgehead atoms. The van der Waals surface area contributed by atoms with E-state index in [0.29, 0.717) is 13.1 Å². The van der Waals surface area contributed by atoms with Crippen LogP contribution in [0.4, 0.5) is 0 Å². The van der Waals surface area contributed by atoms with Gasteiger partial charge in [0.2, 0.25) is 0 Å². The summed E-state index contributed by atoms with van der Waals surface area (Å²) in [7, 11) is 0. The highest BCUT2D eigenvalue weighted by atomic mass is 16.5. The standard InChI is InChI=1S/C18H23NO/c1-2-3-7-16-10-12-18(13-11-16)15-19(20)14-17-8-5-4-6-9-17/h4-6,8-13,20H,2-3,7,14-15H2,1H3. The number of aryl methyl sites for hydroxylation is 1. The average Bonchev–Trinajstić information content (AvgIpc) is 2.47. The fourth-order valence-corrected chi connectivity index (χ4v) is 2.25. The summed E-state index contributed by atoms with van der Waals surface area (Å²) >= 11 is 0. The first kappa shape index (κ1) is 14.8. The number of hydroxylamine groups is 2. The molecule has 2 heteroatoms. The molecule has 0 aliphatic rings. The largest absolute Gasteiger partial charge is 0.313 e. The van der Waals surface area contributed by atoms with Crippen LogP contribution in [0.25, 0.3) is 0 Å². The third kappa shape index (κ3) is 4.80. The van der Waals surface area contributed by atoms with Crippen molar-refractivity contribution >= 4 is 0 Å². The van der Waals surface area contributed by atoms with Crippen LogP contribution in [0.15, 0.2) is 54.6 Å². The van der Waals surface area contributed by atoms with Gasteiger partial charge < -0.3 is 5.21 Å². The molecule has 106 valence electrons. The van der Waals surface area contributed by atoms with Crippen LogP contribution >= 0.6 is 0 Å². The Morgan fingerprint density at radius 1 is 0.800 bits per heavy atom. The Labute approximate surface area is 121 Å². The van der Waals surface area contributed by atoms with Crippen molar-refractivity contribution < 1.29 is 5.21 Å². The highest BCUT2D eigenvalue weighted by Gasteiger charge is 2.03. The summed E-state index contributed by atoms with van der Waals surface area (Å²) in [6, 6.07) is 18.6. The summed E-state index contributed by atoms with van der Waals surface area (Å²) in [6.07, 6.45) is 3.60. The van der Waals surface area contributed by atoms with E-state index in [4.69, 9.17) is 0 Å². The van der Waals surface area contributed by atoms with Crippen molar-refractivity contribution in [3.05, 3.63) is 71.3 Å². The molecule has 0 aliphatic heterocycles. The van der Waals surface area contributed by atoms with E-state index in [9.17, 15) is 5.21 Å². The Balaban J connectivity index is 1.86. The van der Waals surface area contributed by atoms with Gasteiger partial charge in [0, 0.05) is 13.1 Å². The minimum atomic E-state index is 0.554. The summed E-state index contributed by atoms with van der Waals surface area (Å²) < 4.78 is 0. The maximum Gasteiger partial charge on any atom is 0.0492 e. The Hall–Kier alpha value is -1.64. The summed E-state index contributed by atoms with van der Waals surface area (Å²) in [5.41, 5.74) is 3.64. The fourth-order valence-electron chi connectivity index (χ4n) is 2.25. The van der Waals surface area contributed by atoms with Crippen LogP contribution in [0.5, 0.6) is 0 Å². The fraction of sp³-hybridized carbons (Fsp3) is 0.333. The van der Waals surface area contributed by atoms with Crippen molar-refractivity contribution in [2.45, 2.75) is 39.3 Å². The number of benzene rings is 2. The van der Waals surface area contributed by atoms with E-state index >= 15 is 0 Å². The molecule has 0 radical (unpaired) electrons. The lowest BCUT2D eigenvalue weighted by atomic mass is 10.1. The van der Waals surface area contributed by atoms with Crippen LogP contribution in [-0.4, -0.2) is 10.3 Å². The van der Waals surface area contributed by atoms with Crippen molar-refractivity contribution in [2.75, 3.05) is 0 Å². The predicted molar refractivity (Wildman–Crippen MR) is 82.5 cm³/mol. The molecule has 0 unspecified atom stereocenters. The Bertz CT molecular complexity index is 493. The average molecular weight is 269 g/mol. The molecule has 0 saturated heterocycles. The van der Waals surface area contributed by atoms with E-state index in [0.717, 1.165) is 17.5 Å². The third-order valence-electron chi connectivity index (χ3n) is 3.41. The predicted octanol–water partition coefficient (Wildman–Crippen LogP) is 4.42. The van der Waals surface area contributed by atoms with E-state index in [1.54, 1.807) is 0 Å². The molecule has 2 aromatic rings. The number of unbranched alkanes of at least 4 members (excludes halogenated alkanes) is 1. The van der Waals surface area contributed by atoms with Gasteiger partial charge in [-0.05, 0) is 29.5 Å². The second-order valence-electron chi connectivity index (χ2n) is 5.23. The first-order valence-electron chi connectivity index (χ1n) is 7.33. The molecule has 0 amide bonds. The monoisotopic (exact) mass is 269 g/mol. The van der Waals surface area contributed by atoms with Gasteiger partial charge in [-0.15, -0.1) is 0 Å². The zero-order chi connectivity index (χ0) is 14.2. The molecule has 0 spiro atoms. The lowest BCUT2D eigenvalue weighted by Gasteiger charge is -2.15. The maximum absolute atomic E-state index is 10.0. The van der Waals surface area contributed by atoms with E-state index in [1.165, 1.54) is 23.5 Å². The number of rotatable bonds is 7. The topological polar surface area (TPSA) is 23.5 Å². The van der Waals surface area contributed by atoms with Crippen LogP contribution < -0.4 is 0 Å². The molecular formula is C18H23NO. The Morgan fingerprint density at radius 2 is 1.35 bits per heavy atom. The molecular weight excluding hydrogens is 246 g/mol. The van der Waals surface area contributed by atoms with E-state index in [1.807, 2.05) is 30.3 Å². The second-order valence-corrected chi connectivity index (χ2v) is 5.23. The first-order chi connectivity index (χ1) is 9.78. The molecule has 1 N–H and O–H groups in total. The van der Waals surface area contributed by atoms with Gasteiger partial charge in [-0.1, -0.05) is 67.9 Å². The summed E-state index contributed by atoms with van der Waals surface area (Å²) in [5.74, 6) is 0. The van der Waals surface area contributed by atoms with Crippen molar-refractivity contribution in [3.8, 4) is 0 Å². The normalized spacial score (nSPS) is 10.9. The van der Waals surface area contributed by atoms with E-state index < -0.39 is 0 Å². The Kier molecular flexibility index (Phi) is 5.78. The summed E-state index contributed by atoms with van der Waals surface area (Å²) in [6.45, 7) is 3.32. The van der Waals surface area contributed by atoms with Gasteiger partial charge in [0.05, 0.1) is 0 Å². The number of hydrogen-bond donors (Lipinski definition) is 1. The SMILES string of the molecule is CCCCc1ccc(CN(O)Cc2ccccc2)cc1. The smallest absolute Gasteiger partial charge is 0.0492 e. The highest BCUT2D eigenvalue weighted by Crippen LogP contribution is 2.11. The van der Waals surface area contributed by atoms with Gasteiger partial charge in [-0.3, -0.25) is 0 Å².